The van der Waals surface area contributed by atoms with Crippen LogP contribution in [0.5, 0.6) is 0 Å². The fourth-order valence-corrected chi connectivity index (χ4v) is 4.43. The van der Waals surface area contributed by atoms with Crippen LogP contribution in [0.25, 0.3) is 0 Å². The molecular weight excluding hydrogens is 256 g/mol. The first-order chi connectivity index (χ1) is 9.03. The molecule has 1 heterocycles. The summed E-state index contributed by atoms with van der Waals surface area (Å²) >= 11 is 1.97. The van der Waals surface area contributed by atoms with Gasteiger partial charge in [-0.2, -0.15) is 11.8 Å². The Kier molecular flexibility index (Phi) is 4.83. The summed E-state index contributed by atoms with van der Waals surface area (Å²) in [7, 11) is 0. The predicted molar refractivity (Wildman–Crippen MR) is 82.3 cm³/mol. The Hall–Kier alpha value is -0.220. The molecule has 1 amide bonds. The number of nitrogens with one attached hydrogen (secondary N) is 1. The number of thioether (sulfide) groups is 1. The average Bonchev–Trinajstić information content (AvgIpc) is 2.97. The van der Waals surface area contributed by atoms with Crippen molar-refractivity contribution >= 4 is 17.7 Å². The van der Waals surface area contributed by atoms with Crippen LogP contribution >= 0.6 is 11.8 Å². The normalized spacial score (nSPS) is 30.6. The minimum atomic E-state index is 0.0188. The third-order valence-corrected chi connectivity index (χ3v) is 6.16. The SMILES string of the molecule is CCC1NC(C(C)C)C(=O)N1CC1(SC)CCCC1. The molecule has 3 nitrogen and oxygen atoms in total. The fourth-order valence-electron chi connectivity index (χ4n) is 3.46. The zero-order chi connectivity index (χ0) is 14.0. The molecule has 2 unspecified atom stereocenters. The third-order valence-electron chi connectivity index (χ3n) is 4.76. The van der Waals surface area contributed by atoms with E-state index in [1.165, 1.54) is 25.7 Å². The molecule has 0 bridgehead atoms. The van der Waals surface area contributed by atoms with E-state index in [1.807, 2.05) is 11.8 Å². The molecule has 4 heteroatoms. The van der Waals surface area contributed by atoms with Crippen LogP contribution in [0.15, 0.2) is 0 Å². The maximum atomic E-state index is 12.6. The fraction of sp³-hybridized carbons (Fsp3) is 0.933. The highest BCUT2D eigenvalue weighted by Crippen LogP contribution is 2.41. The highest BCUT2D eigenvalue weighted by atomic mass is 32.2. The molecule has 1 N–H and O–H groups in total. The van der Waals surface area contributed by atoms with Crippen molar-refractivity contribution < 1.29 is 4.79 Å². The van der Waals surface area contributed by atoms with E-state index in [0.29, 0.717) is 16.6 Å². The van der Waals surface area contributed by atoms with Crippen LogP contribution in [0, 0.1) is 5.92 Å². The van der Waals surface area contributed by atoms with Crippen molar-refractivity contribution in [2.75, 3.05) is 12.8 Å². The molecule has 1 aliphatic carbocycles. The van der Waals surface area contributed by atoms with Crippen LogP contribution in [0.2, 0.25) is 0 Å². The van der Waals surface area contributed by atoms with Gasteiger partial charge in [0, 0.05) is 11.3 Å². The minimum Gasteiger partial charge on any atom is -0.324 e. The third kappa shape index (κ3) is 2.94. The van der Waals surface area contributed by atoms with Crippen LogP contribution in [0.1, 0.15) is 52.9 Å². The molecular formula is C15H28N2OS. The molecule has 0 aromatic heterocycles. The van der Waals surface area contributed by atoms with Gasteiger partial charge in [0.25, 0.3) is 0 Å². The molecule has 2 aliphatic rings. The lowest BCUT2D eigenvalue weighted by Gasteiger charge is -2.34. The Morgan fingerprint density at radius 2 is 2.05 bits per heavy atom. The second-order valence-corrected chi connectivity index (χ2v) is 7.65. The van der Waals surface area contributed by atoms with Crippen LogP contribution in [-0.4, -0.2) is 40.6 Å². The summed E-state index contributed by atoms with van der Waals surface area (Å²) in [5.41, 5.74) is 0. The van der Waals surface area contributed by atoms with E-state index in [4.69, 9.17) is 0 Å². The van der Waals surface area contributed by atoms with Crippen molar-refractivity contribution in [2.24, 2.45) is 5.92 Å². The quantitative estimate of drug-likeness (QED) is 0.842. The zero-order valence-corrected chi connectivity index (χ0v) is 13.6. The van der Waals surface area contributed by atoms with Gasteiger partial charge >= 0.3 is 0 Å². The molecule has 110 valence electrons. The molecule has 2 atom stereocenters. The van der Waals surface area contributed by atoms with Gasteiger partial charge in [-0.1, -0.05) is 33.6 Å². The second-order valence-electron chi connectivity index (χ2n) is 6.37. The number of carbonyl (C=O) groups is 1. The minimum absolute atomic E-state index is 0.0188. The van der Waals surface area contributed by atoms with E-state index < -0.39 is 0 Å². The van der Waals surface area contributed by atoms with Crippen molar-refractivity contribution in [3.05, 3.63) is 0 Å². The Labute approximate surface area is 121 Å². The molecule has 2 fully saturated rings. The number of nitrogens with zero attached hydrogens (tertiary/aromatic N) is 1. The molecule has 0 spiro atoms. The van der Waals surface area contributed by atoms with Crippen LogP contribution in [0.4, 0.5) is 0 Å². The number of hydrogen-bond acceptors (Lipinski definition) is 3. The summed E-state index contributed by atoms with van der Waals surface area (Å²) in [6.07, 6.45) is 8.62. The maximum Gasteiger partial charge on any atom is 0.241 e. The van der Waals surface area contributed by atoms with E-state index in [9.17, 15) is 4.79 Å². The van der Waals surface area contributed by atoms with Crippen molar-refractivity contribution in [1.29, 1.82) is 0 Å². The summed E-state index contributed by atoms with van der Waals surface area (Å²) in [5.74, 6) is 0.697. The van der Waals surface area contributed by atoms with Crippen molar-refractivity contribution in [3.8, 4) is 0 Å². The van der Waals surface area contributed by atoms with Gasteiger partial charge in [-0.25, -0.2) is 0 Å². The van der Waals surface area contributed by atoms with Gasteiger partial charge in [0.05, 0.1) is 12.2 Å². The van der Waals surface area contributed by atoms with Crippen molar-refractivity contribution in [1.82, 2.24) is 10.2 Å². The molecule has 0 radical (unpaired) electrons. The van der Waals surface area contributed by atoms with Gasteiger partial charge < -0.3 is 4.90 Å². The van der Waals surface area contributed by atoms with E-state index in [2.05, 4.69) is 37.2 Å². The van der Waals surface area contributed by atoms with Crippen LogP contribution < -0.4 is 5.32 Å². The standard InChI is InChI=1S/C15H28N2OS/c1-5-12-16-13(11(2)3)14(18)17(12)10-15(19-4)8-6-7-9-15/h11-13,16H,5-10H2,1-4H3. The first-order valence-electron chi connectivity index (χ1n) is 7.64. The van der Waals surface area contributed by atoms with Gasteiger partial charge in [-0.3, -0.25) is 10.1 Å². The smallest absolute Gasteiger partial charge is 0.241 e. The highest BCUT2D eigenvalue weighted by molar-refractivity contribution is 8.00. The van der Waals surface area contributed by atoms with E-state index in [1.54, 1.807) is 0 Å². The number of rotatable bonds is 5. The summed E-state index contributed by atoms with van der Waals surface area (Å²) in [5, 5.41) is 3.52. The summed E-state index contributed by atoms with van der Waals surface area (Å²) in [6, 6.07) is 0.0188. The first-order valence-corrected chi connectivity index (χ1v) is 8.87. The Balaban J connectivity index is 2.11. The lowest BCUT2D eigenvalue weighted by Crippen LogP contribution is -2.45. The van der Waals surface area contributed by atoms with Gasteiger partial charge in [-0.15, -0.1) is 0 Å². The molecule has 0 aromatic rings. The Morgan fingerprint density at radius 3 is 2.53 bits per heavy atom. The lowest BCUT2D eigenvalue weighted by molar-refractivity contribution is -0.131. The molecule has 1 aliphatic heterocycles. The van der Waals surface area contributed by atoms with Crippen LogP contribution in [0.3, 0.4) is 0 Å². The number of hydrogen-bond donors (Lipinski definition) is 1. The van der Waals surface area contributed by atoms with E-state index >= 15 is 0 Å². The topological polar surface area (TPSA) is 32.3 Å². The van der Waals surface area contributed by atoms with Crippen molar-refractivity contribution in [3.63, 3.8) is 0 Å². The highest BCUT2D eigenvalue weighted by Gasteiger charge is 2.44. The predicted octanol–water partition coefficient (Wildman–Crippen LogP) is 2.85. The van der Waals surface area contributed by atoms with Crippen LogP contribution in [-0.2, 0) is 4.79 Å². The zero-order valence-electron chi connectivity index (χ0n) is 12.7. The largest absolute Gasteiger partial charge is 0.324 e. The summed E-state index contributed by atoms with van der Waals surface area (Å²) < 4.78 is 0.316. The lowest BCUT2D eigenvalue weighted by atomic mass is 10.0. The molecule has 1 saturated carbocycles. The maximum absolute atomic E-state index is 12.6. The Morgan fingerprint density at radius 1 is 1.42 bits per heavy atom. The average molecular weight is 284 g/mol. The van der Waals surface area contributed by atoms with E-state index in [-0.39, 0.29) is 12.2 Å². The number of carbonyl (C=O) groups excluding carboxylic acids is 1. The molecule has 19 heavy (non-hydrogen) atoms. The number of amides is 1. The van der Waals surface area contributed by atoms with Gasteiger partial charge in [-0.05, 0) is 31.4 Å². The molecule has 2 rings (SSSR count). The Bertz CT molecular complexity index is 326. The van der Waals surface area contributed by atoms with Crippen molar-refractivity contribution in [2.45, 2.75) is 69.8 Å². The monoisotopic (exact) mass is 284 g/mol. The summed E-state index contributed by atoms with van der Waals surface area (Å²) in [6.45, 7) is 7.36. The second kappa shape index (κ2) is 6.04. The summed E-state index contributed by atoms with van der Waals surface area (Å²) in [4.78, 5) is 14.7. The van der Waals surface area contributed by atoms with Gasteiger partial charge in [0.15, 0.2) is 0 Å². The first kappa shape index (κ1) is 15.2. The molecule has 1 saturated heterocycles. The van der Waals surface area contributed by atoms with Gasteiger partial charge in [0.2, 0.25) is 5.91 Å². The van der Waals surface area contributed by atoms with Gasteiger partial charge in [0.1, 0.15) is 0 Å². The molecule has 0 aromatic carbocycles. The van der Waals surface area contributed by atoms with E-state index in [0.717, 1.165) is 13.0 Å².